The minimum atomic E-state index is -0.999. The van der Waals surface area contributed by atoms with Gasteiger partial charge in [-0.15, -0.1) is 0 Å². The van der Waals surface area contributed by atoms with Gasteiger partial charge in [0.15, 0.2) is 6.10 Å². The van der Waals surface area contributed by atoms with E-state index in [1.807, 2.05) is 0 Å². The Morgan fingerprint density at radius 1 is 1.12 bits per heavy atom. The number of hydrogen-bond donors (Lipinski definition) is 1. The maximum atomic E-state index is 12.2. The number of rotatable bonds is 6. The third-order valence-corrected chi connectivity index (χ3v) is 4.18. The Morgan fingerprint density at radius 2 is 1.80 bits per heavy atom. The van der Waals surface area contributed by atoms with Crippen molar-refractivity contribution in [3.63, 3.8) is 0 Å². The highest BCUT2D eigenvalue weighted by atomic mass is 35.5. The quantitative estimate of drug-likeness (QED) is 0.756. The summed E-state index contributed by atoms with van der Waals surface area (Å²) in [7, 11) is 1.59. The average Bonchev–Trinajstić information content (AvgIpc) is 2.59. The van der Waals surface area contributed by atoms with Crippen LogP contribution in [0, 0.1) is 0 Å². The number of nitrogens with one attached hydrogen (secondary N) is 1. The van der Waals surface area contributed by atoms with Crippen molar-refractivity contribution in [2.45, 2.75) is 19.6 Å². The lowest BCUT2D eigenvalue weighted by Crippen LogP contribution is -2.30. The van der Waals surface area contributed by atoms with Crippen LogP contribution in [0.1, 0.15) is 22.8 Å². The van der Waals surface area contributed by atoms with Crippen molar-refractivity contribution in [1.82, 2.24) is 0 Å². The molecule has 7 heteroatoms. The van der Waals surface area contributed by atoms with E-state index in [1.54, 1.807) is 49.6 Å². The number of carbonyl (C=O) groups excluding carboxylic acids is 2. The van der Waals surface area contributed by atoms with Gasteiger partial charge in [-0.3, -0.25) is 4.79 Å². The lowest BCUT2D eigenvalue weighted by atomic mass is 10.1. The number of carbonyl (C=O) groups is 2. The molecule has 0 saturated carbocycles. The zero-order valence-corrected chi connectivity index (χ0v) is 15.2. The fraction of sp³-hybridized carbons (Fsp3) is 0.222. The third kappa shape index (κ3) is 5.19. The predicted octanol–water partition coefficient (Wildman–Crippen LogP) is 4.32. The molecule has 5 nitrogen and oxygen atoms in total. The zero-order valence-electron chi connectivity index (χ0n) is 13.7. The molecule has 0 aliphatic heterocycles. The smallest absolute Gasteiger partial charge is 0.338 e. The molecule has 2 rings (SSSR count). The number of halogens is 2. The van der Waals surface area contributed by atoms with Gasteiger partial charge in [-0.25, -0.2) is 4.79 Å². The molecule has 0 saturated heterocycles. The van der Waals surface area contributed by atoms with Crippen molar-refractivity contribution in [2.24, 2.45) is 0 Å². The second kappa shape index (κ2) is 8.85. The summed E-state index contributed by atoms with van der Waals surface area (Å²) in [6, 6.07) is 11.6. The number of benzene rings is 2. The van der Waals surface area contributed by atoms with Crippen LogP contribution in [0.4, 0.5) is 5.69 Å². The van der Waals surface area contributed by atoms with E-state index in [0.717, 1.165) is 5.56 Å². The molecule has 0 spiro atoms. The van der Waals surface area contributed by atoms with Crippen LogP contribution in [0.2, 0.25) is 10.0 Å². The van der Waals surface area contributed by atoms with Gasteiger partial charge in [0.05, 0.1) is 27.9 Å². The summed E-state index contributed by atoms with van der Waals surface area (Å²) < 4.78 is 10.2. The number of amides is 1. The molecule has 132 valence electrons. The first-order valence-electron chi connectivity index (χ1n) is 7.46. The first-order valence-corrected chi connectivity index (χ1v) is 8.21. The van der Waals surface area contributed by atoms with Gasteiger partial charge >= 0.3 is 5.97 Å². The summed E-state index contributed by atoms with van der Waals surface area (Å²) in [5.74, 6) is -1.10. The minimum absolute atomic E-state index is 0.227. The molecule has 1 atom stereocenters. The Kier molecular flexibility index (Phi) is 6.82. The fourth-order valence-electron chi connectivity index (χ4n) is 2.02. The van der Waals surface area contributed by atoms with Crippen molar-refractivity contribution in [3.05, 3.63) is 63.6 Å². The van der Waals surface area contributed by atoms with E-state index in [0.29, 0.717) is 22.9 Å². The summed E-state index contributed by atoms with van der Waals surface area (Å²) in [5.41, 5.74) is 1.63. The standard InChI is InChI=1S/C18H17Cl2NO4/c1-11(17(22)21-15-5-3-4-14(19)16(15)20)25-18(23)13-8-6-12(7-9-13)10-24-2/h3-9,11H,10H2,1-2H3,(H,21,22)/t11-/m1/s1. The SMILES string of the molecule is COCc1ccc(C(=O)O[C@H](C)C(=O)Nc2cccc(Cl)c2Cl)cc1. The molecule has 0 heterocycles. The molecule has 2 aromatic rings. The minimum Gasteiger partial charge on any atom is -0.449 e. The second-order valence-corrected chi connectivity index (χ2v) is 6.05. The van der Waals surface area contributed by atoms with Crippen molar-refractivity contribution in [2.75, 3.05) is 12.4 Å². The lowest BCUT2D eigenvalue weighted by molar-refractivity contribution is -0.123. The third-order valence-electron chi connectivity index (χ3n) is 3.36. The van der Waals surface area contributed by atoms with Crippen molar-refractivity contribution >= 4 is 40.8 Å². The van der Waals surface area contributed by atoms with E-state index in [-0.39, 0.29) is 5.02 Å². The van der Waals surface area contributed by atoms with Crippen LogP contribution in [-0.4, -0.2) is 25.1 Å². The molecule has 0 aromatic heterocycles. The maximum absolute atomic E-state index is 12.2. The van der Waals surface area contributed by atoms with Gasteiger partial charge in [-0.2, -0.15) is 0 Å². The van der Waals surface area contributed by atoms with E-state index >= 15 is 0 Å². The number of anilines is 1. The van der Waals surface area contributed by atoms with Gasteiger partial charge in [0.2, 0.25) is 0 Å². The van der Waals surface area contributed by atoms with Crippen molar-refractivity contribution < 1.29 is 19.1 Å². The van der Waals surface area contributed by atoms with E-state index < -0.39 is 18.0 Å². The molecule has 0 bridgehead atoms. The first-order chi connectivity index (χ1) is 11.9. The summed E-state index contributed by atoms with van der Waals surface area (Å²) in [5, 5.41) is 3.13. The lowest BCUT2D eigenvalue weighted by Gasteiger charge is -2.14. The Bertz CT molecular complexity index is 762. The first kappa shape index (κ1) is 19.2. The number of methoxy groups -OCH3 is 1. The van der Waals surface area contributed by atoms with Crippen LogP contribution in [-0.2, 0) is 20.9 Å². The van der Waals surface area contributed by atoms with Gasteiger partial charge in [0.25, 0.3) is 5.91 Å². The van der Waals surface area contributed by atoms with Gasteiger partial charge in [0.1, 0.15) is 0 Å². The number of esters is 1. The summed E-state index contributed by atoms with van der Waals surface area (Å²) in [6.07, 6.45) is -0.999. The topological polar surface area (TPSA) is 64.6 Å². The maximum Gasteiger partial charge on any atom is 0.338 e. The highest BCUT2D eigenvalue weighted by Crippen LogP contribution is 2.29. The Hall–Kier alpha value is -2.08. The Balaban J connectivity index is 1.98. The van der Waals surface area contributed by atoms with Gasteiger partial charge in [-0.05, 0) is 36.8 Å². The van der Waals surface area contributed by atoms with Crippen molar-refractivity contribution in [3.8, 4) is 0 Å². The van der Waals surface area contributed by atoms with Gasteiger partial charge in [-0.1, -0.05) is 41.4 Å². The van der Waals surface area contributed by atoms with Crippen LogP contribution in [0.5, 0.6) is 0 Å². The Morgan fingerprint density at radius 3 is 2.44 bits per heavy atom. The van der Waals surface area contributed by atoms with Crippen molar-refractivity contribution in [1.29, 1.82) is 0 Å². The average molecular weight is 382 g/mol. The van der Waals surface area contributed by atoms with Gasteiger partial charge < -0.3 is 14.8 Å². The summed E-state index contributed by atoms with van der Waals surface area (Å²) in [6.45, 7) is 1.93. The van der Waals surface area contributed by atoms with E-state index in [9.17, 15) is 9.59 Å². The van der Waals surface area contributed by atoms with Crippen LogP contribution in [0.25, 0.3) is 0 Å². The van der Waals surface area contributed by atoms with Gasteiger partial charge in [0, 0.05) is 7.11 Å². The van der Waals surface area contributed by atoms with E-state index in [1.165, 1.54) is 6.92 Å². The van der Waals surface area contributed by atoms with Crippen LogP contribution in [0.15, 0.2) is 42.5 Å². The monoisotopic (exact) mass is 381 g/mol. The molecule has 25 heavy (non-hydrogen) atoms. The van der Waals surface area contributed by atoms with Crippen LogP contribution in [0.3, 0.4) is 0 Å². The summed E-state index contributed by atoms with van der Waals surface area (Å²) >= 11 is 11.9. The molecule has 0 radical (unpaired) electrons. The molecule has 0 aliphatic carbocycles. The zero-order chi connectivity index (χ0) is 18.4. The molecular formula is C18H17Cl2NO4. The highest BCUT2D eigenvalue weighted by molar-refractivity contribution is 6.44. The van der Waals surface area contributed by atoms with Crippen LogP contribution < -0.4 is 5.32 Å². The molecular weight excluding hydrogens is 365 g/mol. The summed E-state index contributed by atoms with van der Waals surface area (Å²) in [4.78, 5) is 24.3. The van der Waals surface area contributed by atoms with Crippen LogP contribution >= 0.6 is 23.2 Å². The predicted molar refractivity (Wildman–Crippen MR) is 97.1 cm³/mol. The molecule has 0 fully saturated rings. The molecule has 1 amide bonds. The van der Waals surface area contributed by atoms with E-state index in [2.05, 4.69) is 5.32 Å². The Labute approximate surface area is 155 Å². The van der Waals surface area contributed by atoms with E-state index in [4.69, 9.17) is 32.7 Å². The number of hydrogen-bond acceptors (Lipinski definition) is 4. The largest absolute Gasteiger partial charge is 0.449 e. The number of ether oxygens (including phenoxy) is 2. The molecule has 0 aliphatic rings. The molecule has 0 unspecified atom stereocenters. The fourth-order valence-corrected chi connectivity index (χ4v) is 2.37. The highest BCUT2D eigenvalue weighted by Gasteiger charge is 2.20. The molecule has 1 N–H and O–H groups in total. The normalized spacial score (nSPS) is 11.7. The molecule has 2 aromatic carbocycles. The second-order valence-electron chi connectivity index (χ2n) is 5.27.